The zero-order valence-corrected chi connectivity index (χ0v) is 29.2. The first-order chi connectivity index (χ1) is 25.0. The maximum atomic E-state index is 12.7. The highest BCUT2D eigenvalue weighted by Crippen LogP contribution is 2.71. The van der Waals surface area contributed by atoms with E-state index in [1.807, 2.05) is 0 Å². The van der Waals surface area contributed by atoms with Crippen molar-refractivity contribution < 1.29 is 34.3 Å². The van der Waals surface area contributed by atoms with Crippen LogP contribution >= 0.6 is 0 Å². The van der Waals surface area contributed by atoms with E-state index in [9.17, 15) is 25.9 Å². The van der Waals surface area contributed by atoms with Crippen LogP contribution in [0.5, 0.6) is 11.5 Å². The summed E-state index contributed by atoms with van der Waals surface area (Å²) >= 11 is 0. The maximum Gasteiger partial charge on any atom is 0.446 e. The number of fused-ring (bicyclic) bond motifs is 32. The second-order valence-corrected chi connectivity index (χ2v) is 18.2. The molecular weight excluding hydrogens is 697 g/mol. The van der Waals surface area contributed by atoms with Crippen LogP contribution in [-0.2, 0) is 20.8 Å². The number of rotatable bonds is 4. The lowest BCUT2D eigenvalue weighted by Gasteiger charge is -2.32. The molecule has 13 rings (SSSR count). The van der Waals surface area contributed by atoms with Crippen molar-refractivity contribution in [2.45, 2.75) is 73.0 Å². The lowest BCUT2D eigenvalue weighted by atomic mass is 9.74. The summed E-state index contributed by atoms with van der Waals surface area (Å²) in [7, 11) is -9.93. The molecule has 0 radical (unpaired) electrons. The number of benzene rings is 5. The van der Waals surface area contributed by atoms with Gasteiger partial charge in [0.25, 0.3) is 0 Å². The highest BCUT2D eigenvalue weighted by Gasteiger charge is 2.56. The standard InChI is InChI=1S/C42H30O8S2/c43-51(44,45)49-41-37-33-15-34(30-12-26-22-9-21(25(26)11-29(30)33)17-5-1-2-6-18(17)22)38(37)42(50-52(46,47)48)40-36-16-35(39(40)41)31-13-27-23-10-24(28(27)14-32(31)36)20-8-4-3-7-19(20)23/h1-8,11-14,21-24,33-36H,9-10,15-16H2,(H,43,44,45)(H,46,47,48)/t21-,22+,23+,24-,33-,34+,35+,36-. The quantitative estimate of drug-likeness (QED) is 0.179. The van der Waals surface area contributed by atoms with E-state index in [0.717, 1.165) is 35.1 Å². The molecule has 10 heteroatoms. The van der Waals surface area contributed by atoms with E-state index < -0.39 is 20.8 Å². The third-order valence-corrected chi connectivity index (χ3v) is 15.0. The van der Waals surface area contributed by atoms with Crippen LogP contribution in [0.4, 0.5) is 0 Å². The summed E-state index contributed by atoms with van der Waals surface area (Å²) in [5.41, 5.74) is 17.1. The predicted octanol–water partition coefficient (Wildman–Crippen LogP) is 7.97. The van der Waals surface area contributed by atoms with E-state index in [1.165, 1.54) is 44.5 Å². The third kappa shape index (κ3) is 3.37. The molecule has 5 aromatic rings. The maximum absolute atomic E-state index is 12.7. The Morgan fingerprint density at radius 2 is 0.615 bits per heavy atom. The zero-order chi connectivity index (χ0) is 34.7. The topological polar surface area (TPSA) is 127 Å². The Kier molecular flexibility index (Phi) is 5.02. The normalized spacial score (nSPS) is 29.0. The van der Waals surface area contributed by atoms with E-state index in [-0.39, 0.29) is 35.2 Å². The first-order valence-corrected chi connectivity index (χ1v) is 20.9. The van der Waals surface area contributed by atoms with Gasteiger partial charge in [0.2, 0.25) is 0 Å². The van der Waals surface area contributed by atoms with Crippen molar-refractivity contribution in [2.75, 3.05) is 0 Å². The van der Waals surface area contributed by atoms with Crippen LogP contribution in [0.1, 0.15) is 162 Å². The van der Waals surface area contributed by atoms with Crippen molar-refractivity contribution in [3.63, 3.8) is 0 Å². The first-order valence-electron chi connectivity index (χ1n) is 18.1. The summed E-state index contributed by atoms with van der Waals surface area (Å²) in [5, 5.41) is 0. The van der Waals surface area contributed by atoms with E-state index in [1.54, 1.807) is 0 Å². The van der Waals surface area contributed by atoms with Crippen molar-refractivity contribution in [2.24, 2.45) is 0 Å². The monoisotopic (exact) mass is 726 g/mol. The van der Waals surface area contributed by atoms with Crippen molar-refractivity contribution in [1.82, 2.24) is 0 Å². The molecule has 0 saturated heterocycles. The highest BCUT2D eigenvalue weighted by molar-refractivity contribution is 7.81. The van der Waals surface area contributed by atoms with Gasteiger partial charge in [-0.1, -0.05) is 72.8 Å². The smallest absolute Gasteiger partial charge is 0.361 e. The molecular formula is C42H30O8S2. The van der Waals surface area contributed by atoms with Gasteiger partial charge in [-0.15, -0.1) is 0 Å². The summed E-state index contributed by atoms with van der Waals surface area (Å²) in [4.78, 5) is 0. The molecule has 52 heavy (non-hydrogen) atoms. The van der Waals surface area contributed by atoms with Gasteiger partial charge in [-0.05, 0) is 92.4 Å². The molecule has 0 spiro atoms. The Balaban J connectivity index is 1.03. The average molecular weight is 727 g/mol. The van der Waals surface area contributed by atoms with Crippen LogP contribution in [0.25, 0.3) is 0 Å². The Morgan fingerprint density at radius 3 is 0.865 bits per heavy atom. The first kappa shape index (κ1) is 29.0. The molecule has 0 amide bonds. The number of hydrogen-bond acceptors (Lipinski definition) is 6. The molecule has 0 unspecified atom stereocenters. The molecule has 258 valence electrons. The van der Waals surface area contributed by atoms with Crippen molar-refractivity contribution in [3.05, 3.63) is 162 Å². The average Bonchev–Trinajstić information content (AvgIpc) is 3.98. The molecule has 0 fully saturated rings. The Hall–Kier alpha value is -4.48. The Bertz CT molecular complexity index is 2480. The fourth-order valence-corrected chi connectivity index (χ4v) is 13.6. The summed E-state index contributed by atoms with van der Waals surface area (Å²) in [6, 6.07) is 26.3. The molecule has 5 aromatic carbocycles. The van der Waals surface area contributed by atoms with Gasteiger partial charge in [-0.2, -0.15) is 16.8 Å². The zero-order valence-electron chi connectivity index (χ0n) is 27.5. The SMILES string of the molecule is O=S(=O)(O)Oc1c2c(c(OS(=O)(=O)O)c3c1[C@H]1C[C@@H]3c3cc4c(cc31)[C@H]1C[C@@H]4c3ccccc31)[C@H]1C[C@@H]2c2cc3c(cc21)[C@H]1C[C@@H]3c2ccccc21. The molecule has 8 nitrogen and oxygen atoms in total. The van der Waals surface area contributed by atoms with Crippen LogP contribution in [-0.4, -0.2) is 25.9 Å². The minimum Gasteiger partial charge on any atom is -0.361 e. The molecule has 0 heterocycles. The summed E-state index contributed by atoms with van der Waals surface area (Å²) in [6.07, 6.45) is 3.20. The van der Waals surface area contributed by atoms with Crippen LogP contribution < -0.4 is 8.37 Å². The van der Waals surface area contributed by atoms with Gasteiger partial charge in [-0.25, -0.2) is 0 Å². The molecule has 8 aliphatic rings. The second kappa shape index (κ2) is 8.99. The third-order valence-electron chi connectivity index (χ3n) is 14.3. The minimum atomic E-state index is -4.96. The Labute approximate surface area is 300 Å². The summed E-state index contributed by atoms with van der Waals surface area (Å²) in [6.45, 7) is 0. The van der Waals surface area contributed by atoms with Gasteiger partial charge in [0, 0.05) is 69.6 Å². The van der Waals surface area contributed by atoms with Gasteiger partial charge < -0.3 is 8.37 Å². The van der Waals surface area contributed by atoms with Crippen LogP contribution in [0, 0.1) is 0 Å². The molecule has 8 atom stereocenters. The largest absolute Gasteiger partial charge is 0.446 e. The highest BCUT2D eigenvalue weighted by atomic mass is 32.3. The fourth-order valence-electron chi connectivity index (χ4n) is 12.8. The van der Waals surface area contributed by atoms with Gasteiger partial charge >= 0.3 is 20.8 Å². The second-order valence-electron chi connectivity index (χ2n) is 16.2. The predicted molar refractivity (Wildman–Crippen MR) is 190 cm³/mol. The lowest BCUT2D eigenvalue weighted by Crippen LogP contribution is -2.20. The number of hydrogen-bond donors (Lipinski definition) is 2. The summed E-state index contributed by atoms with van der Waals surface area (Å²) in [5.74, 6) is 0.158. The molecule has 2 N–H and O–H groups in total. The minimum absolute atomic E-state index is 0.0891. The van der Waals surface area contributed by atoms with Crippen LogP contribution in [0.3, 0.4) is 0 Å². The fraction of sp³-hybridized carbons (Fsp3) is 0.286. The molecule has 8 bridgehead atoms. The molecule has 0 saturated carbocycles. The van der Waals surface area contributed by atoms with Crippen LogP contribution in [0.15, 0.2) is 72.8 Å². The van der Waals surface area contributed by atoms with Crippen molar-refractivity contribution in [1.29, 1.82) is 0 Å². The van der Waals surface area contributed by atoms with E-state index in [2.05, 4.69) is 72.8 Å². The van der Waals surface area contributed by atoms with Gasteiger partial charge in [0.1, 0.15) is 0 Å². The van der Waals surface area contributed by atoms with E-state index in [0.29, 0.717) is 58.8 Å². The van der Waals surface area contributed by atoms with Gasteiger partial charge in [0.05, 0.1) is 0 Å². The molecule has 8 aliphatic carbocycles. The van der Waals surface area contributed by atoms with Gasteiger partial charge in [-0.3, -0.25) is 9.11 Å². The van der Waals surface area contributed by atoms with Crippen LogP contribution in [0.2, 0.25) is 0 Å². The van der Waals surface area contributed by atoms with Crippen molar-refractivity contribution >= 4 is 20.8 Å². The molecule has 0 aliphatic heterocycles. The summed E-state index contributed by atoms with van der Waals surface area (Å²) < 4.78 is 82.7. The van der Waals surface area contributed by atoms with Gasteiger partial charge in [0.15, 0.2) is 11.5 Å². The van der Waals surface area contributed by atoms with E-state index in [4.69, 9.17) is 8.37 Å². The van der Waals surface area contributed by atoms with E-state index >= 15 is 0 Å². The lowest BCUT2D eigenvalue weighted by molar-refractivity contribution is 0.375. The molecule has 0 aromatic heterocycles. The van der Waals surface area contributed by atoms with Crippen molar-refractivity contribution in [3.8, 4) is 11.5 Å². The Morgan fingerprint density at radius 1 is 0.385 bits per heavy atom.